The Morgan fingerprint density at radius 1 is 1.14 bits per heavy atom. The van der Waals surface area contributed by atoms with Crippen molar-refractivity contribution in [3.63, 3.8) is 0 Å². The fourth-order valence-electron chi connectivity index (χ4n) is 2.34. The van der Waals surface area contributed by atoms with Gasteiger partial charge in [0, 0.05) is 12.6 Å². The Bertz CT molecular complexity index is 605. The van der Waals surface area contributed by atoms with Crippen LogP contribution in [0.4, 0.5) is 0 Å². The fraction of sp³-hybridized carbons (Fsp3) is 0.278. The van der Waals surface area contributed by atoms with Crippen molar-refractivity contribution in [2.45, 2.75) is 25.9 Å². The predicted octanol–water partition coefficient (Wildman–Crippen LogP) is 3.63. The Balaban J connectivity index is 1.99. The molecule has 0 aliphatic carbocycles. The number of rotatable bonds is 7. The Morgan fingerprint density at radius 2 is 1.77 bits per heavy atom. The van der Waals surface area contributed by atoms with Crippen LogP contribution in [0.15, 0.2) is 48.5 Å². The van der Waals surface area contributed by atoms with Crippen LogP contribution in [0.25, 0.3) is 0 Å². The van der Waals surface area contributed by atoms with Crippen LogP contribution >= 0.6 is 0 Å². The zero-order valence-electron chi connectivity index (χ0n) is 12.9. The summed E-state index contributed by atoms with van der Waals surface area (Å²) in [6.45, 7) is 2.83. The van der Waals surface area contributed by atoms with Crippen molar-refractivity contribution in [2.75, 3.05) is 7.11 Å². The molecule has 0 aromatic heterocycles. The van der Waals surface area contributed by atoms with E-state index < -0.39 is 5.97 Å². The van der Waals surface area contributed by atoms with Crippen LogP contribution in [0.5, 0.6) is 5.75 Å². The molecule has 0 saturated heterocycles. The second-order valence-corrected chi connectivity index (χ2v) is 5.12. The highest BCUT2D eigenvalue weighted by molar-refractivity contribution is 5.87. The minimum Gasteiger partial charge on any atom is -0.497 e. The number of methoxy groups -OCH3 is 1. The third kappa shape index (κ3) is 4.09. The molecule has 2 aromatic rings. The number of hydrogen-bond acceptors (Lipinski definition) is 3. The summed E-state index contributed by atoms with van der Waals surface area (Å²) in [5.74, 6) is -0.0490. The van der Waals surface area contributed by atoms with E-state index in [4.69, 9.17) is 9.84 Å². The maximum absolute atomic E-state index is 10.8. The molecule has 1 unspecified atom stereocenters. The molecule has 2 aromatic carbocycles. The standard InChI is InChI=1S/C18H21NO3/c1-3-17(14-8-10-16(22-2)11-9-14)19-12-13-4-6-15(7-5-13)18(20)21/h4-11,17,19H,3,12H2,1-2H3,(H,20,21). The topological polar surface area (TPSA) is 58.6 Å². The summed E-state index contributed by atoms with van der Waals surface area (Å²) >= 11 is 0. The molecule has 2 N–H and O–H groups in total. The lowest BCUT2D eigenvalue weighted by molar-refractivity contribution is 0.0697. The van der Waals surface area contributed by atoms with Crippen molar-refractivity contribution in [1.82, 2.24) is 5.32 Å². The maximum atomic E-state index is 10.8. The summed E-state index contributed by atoms with van der Waals surface area (Å²) in [5.41, 5.74) is 2.59. The lowest BCUT2D eigenvalue weighted by Crippen LogP contribution is -2.20. The molecule has 0 saturated carbocycles. The van der Waals surface area contributed by atoms with Gasteiger partial charge in [-0.05, 0) is 41.8 Å². The number of aromatic carboxylic acids is 1. The number of carboxylic acids is 1. The molecular weight excluding hydrogens is 278 g/mol. The molecular formula is C18H21NO3. The summed E-state index contributed by atoms with van der Waals surface area (Å²) in [4.78, 5) is 10.8. The molecule has 0 aliphatic heterocycles. The van der Waals surface area contributed by atoms with Gasteiger partial charge in [-0.15, -0.1) is 0 Å². The maximum Gasteiger partial charge on any atom is 0.335 e. The van der Waals surface area contributed by atoms with E-state index in [1.165, 1.54) is 5.56 Å². The second-order valence-electron chi connectivity index (χ2n) is 5.12. The van der Waals surface area contributed by atoms with Gasteiger partial charge in [-0.3, -0.25) is 0 Å². The van der Waals surface area contributed by atoms with Gasteiger partial charge in [-0.1, -0.05) is 31.2 Å². The molecule has 116 valence electrons. The first-order valence-corrected chi connectivity index (χ1v) is 7.33. The van der Waals surface area contributed by atoms with Gasteiger partial charge in [0.1, 0.15) is 5.75 Å². The first kappa shape index (κ1) is 16.0. The van der Waals surface area contributed by atoms with Gasteiger partial charge < -0.3 is 15.2 Å². The molecule has 0 radical (unpaired) electrons. The SMILES string of the molecule is CCC(NCc1ccc(C(=O)O)cc1)c1ccc(OC)cc1. The van der Waals surface area contributed by atoms with E-state index in [2.05, 4.69) is 24.4 Å². The van der Waals surface area contributed by atoms with E-state index in [1.807, 2.05) is 24.3 Å². The average molecular weight is 299 g/mol. The molecule has 22 heavy (non-hydrogen) atoms. The van der Waals surface area contributed by atoms with Crippen LogP contribution < -0.4 is 10.1 Å². The first-order valence-electron chi connectivity index (χ1n) is 7.33. The summed E-state index contributed by atoms with van der Waals surface area (Å²) in [7, 11) is 1.66. The van der Waals surface area contributed by atoms with Gasteiger partial charge in [0.25, 0.3) is 0 Å². The van der Waals surface area contributed by atoms with E-state index >= 15 is 0 Å². The normalized spacial score (nSPS) is 11.9. The lowest BCUT2D eigenvalue weighted by Gasteiger charge is -2.18. The first-order chi connectivity index (χ1) is 10.6. The van der Waals surface area contributed by atoms with Gasteiger partial charge in [0.15, 0.2) is 0 Å². The van der Waals surface area contributed by atoms with Crippen molar-refractivity contribution in [3.8, 4) is 5.75 Å². The molecule has 0 heterocycles. The van der Waals surface area contributed by atoms with Crippen LogP contribution in [0.1, 0.15) is 40.9 Å². The highest BCUT2D eigenvalue weighted by atomic mass is 16.5. The van der Waals surface area contributed by atoms with Gasteiger partial charge >= 0.3 is 5.97 Å². The average Bonchev–Trinajstić information content (AvgIpc) is 2.56. The highest BCUT2D eigenvalue weighted by Crippen LogP contribution is 2.20. The number of carbonyl (C=O) groups is 1. The minimum absolute atomic E-state index is 0.255. The molecule has 4 nitrogen and oxygen atoms in total. The third-order valence-corrected chi connectivity index (χ3v) is 3.68. The van der Waals surface area contributed by atoms with Crippen molar-refractivity contribution in [1.29, 1.82) is 0 Å². The Labute approximate surface area is 130 Å². The number of hydrogen-bond donors (Lipinski definition) is 2. The molecule has 0 fully saturated rings. The van der Waals surface area contributed by atoms with E-state index in [0.717, 1.165) is 17.7 Å². The molecule has 1 atom stereocenters. The zero-order chi connectivity index (χ0) is 15.9. The van der Waals surface area contributed by atoms with Crippen LogP contribution in [-0.2, 0) is 6.54 Å². The number of carboxylic acid groups (broad SMARTS) is 1. The van der Waals surface area contributed by atoms with E-state index in [-0.39, 0.29) is 6.04 Å². The van der Waals surface area contributed by atoms with Gasteiger partial charge in [-0.2, -0.15) is 0 Å². The molecule has 4 heteroatoms. The molecule has 0 aliphatic rings. The number of ether oxygens (including phenoxy) is 1. The van der Waals surface area contributed by atoms with Crippen molar-refractivity contribution < 1.29 is 14.6 Å². The minimum atomic E-state index is -0.899. The van der Waals surface area contributed by atoms with E-state index in [1.54, 1.807) is 19.2 Å². The Morgan fingerprint density at radius 3 is 2.27 bits per heavy atom. The van der Waals surface area contributed by atoms with Crippen molar-refractivity contribution in [3.05, 3.63) is 65.2 Å². The number of benzene rings is 2. The van der Waals surface area contributed by atoms with Crippen LogP contribution in [0, 0.1) is 0 Å². The Hall–Kier alpha value is -2.33. The second kappa shape index (κ2) is 7.61. The van der Waals surface area contributed by atoms with Gasteiger partial charge in [0.2, 0.25) is 0 Å². The lowest BCUT2D eigenvalue weighted by atomic mass is 10.0. The molecule has 0 amide bonds. The fourth-order valence-corrected chi connectivity index (χ4v) is 2.34. The largest absolute Gasteiger partial charge is 0.497 e. The van der Waals surface area contributed by atoms with Gasteiger partial charge in [0.05, 0.1) is 12.7 Å². The summed E-state index contributed by atoms with van der Waals surface area (Å²) in [5, 5.41) is 12.4. The zero-order valence-corrected chi connectivity index (χ0v) is 12.9. The summed E-state index contributed by atoms with van der Waals surface area (Å²) in [6.07, 6.45) is 0.972. The predicted molar refractivity (Wildman–Crippen MR) is 86.3 cm³/mol. The van der Waals surface area contributed by atoms with E-state index in [9.17, 15) is 4.79 Å². The smallest absolute Gasteiger partial charge is 0.335 e. The van der Waals surface area contributed by atoms with Crippen molar-refractivity contribution >= 4 is 5.97 Å². The third-order valence-electron chi connectivity index (χ3n) is 3.68. The highest BCUT2D eigenvalue weighted by Gasteiger charge is 2.09. The molecule has 2 rings (SSSR count). The Kier molecular flexibility index (Phi) is 5.55. The van der Waals surface area contributed by atoms with Gasteiger partial charge in [-0.25, -0.2) is 4.79 Å². The van der Waals surface area contributed by atoms with Crippen LogP contribution in [-0.4, -0.2) is 18.2 Å². The molecule has 0 bridgehead atoms. The van der Waals surface area contributed by atoms with Crippen LogP contribution in [0.2, 0.25) is 0 Å². The quantitative estimate of drug-likeness (QED) is 0.819. The van der Waals surface area contributed by atoms with Crippen molar-refractivity contribution in [2.24, 2.45) is 0 Å². The monoisotopic (exact) mass is 299 g/mol. The molecule has 0 spiro atoms. The van der Waals surface area contributed by atoms with Crippen LogP contribution in [0.3, 0.4) is 0 Å². The summed E-state index contributed by atoms with van der Waals surface area (Å²) < 4.78 is 5.17. The number of nitrogens with one attached hydrogen (secondary N) is 1. The van der Waals surface area contributed by atoms with E-state index in [0.29, 0.717) is 12.1 Å². The summed E-state index contributed by atoms with van der Waals surface area (Å²) in [6, 6.07) is 15.3.